The van der Waals surface area contributed by atoms with Crippen LogP contribution in [-0.4, -0.2) is 29.4 Å². The van der Waals surface area contributed by atoms with E-state index in [-0.39, 0.29) is 30.3 Å². The van der Waals surface area contributed by atoms with Gasteiger partial charge in [0.05, 0.1) is 6.54 Å². The monoisotopic (exact) mass is 252 g/mol. The summed E-state index contributed by atoms with van der Waals surface area (Å²) in [6, 6.07) is 5.01. The van der Waals surface area contributed by atoms with Crippen LogP contribution in [0.3, 0.4) is 0 Å². The zero-order valence-corrected chi connectivity index (χ0v) is 10.4. The van der Waals surface area contributed by atoms with Gasteiger partial charge in [-0.15, -0.1) is 0 Å². The highest BCUT2D eigenvalue weighted by Crippen LogP contribution is 2.10. The lowest BCUT2D eigenvalue weighted by atomic mass is 10.3. The minimum absolute atomic E-state index is 0.0602. The molecule has 0 aliphatic rings. The SMILES string of the molecule is CC(C)N(CC(=N)N)C(=O)Nc1ccc(F)cc1. The van der Waals surface area contributed by atoms with Crippen LogP contribution in [0.15, 0.2) is 24.3 Å². The lowest BCUT2D eigenvalue weighted by Gasteiger charge is -2.26. The normalized spacial score (nSPS) is 10.2. The van der Waals surface area contributed by atoms with Crippen LogP contribution in [0.1, 0.15) is 13.8 Å². The number of amides is 2. The Morgan fingerprint density at radius 1 is 1.44 bits per heavy atom. The van der Waals surface area contributed by atoms with Crippen molar-refractivity contribution in [2.24, 2.45) is 5.73 Å². The zero-order valence-electron chi connectivity index (χ0n) is 10.4. The van der Waals surface area contributed by atoms with Gasteiger partial charge in [0.15, 0.2) is 0 Å². The van der Waals surface area contributed by atoms with Gasteiger partial charge in [-0.1, -0.05) is 0 Å². The van der Waals surface area contributed by atoms with Crippen LogP contribution in [0.4, 0.5) is 14.9 Å². The van der Waals surface area contributed by atoms with Crippen molar-refractivity contribution < 1.29 is 9.18 Å². The summed E-state index contributed by atoms with van der Waals surface area (Å²) in [7, 11) is 0. The summed E-state index contributed by atoms with van der Waals surface area (Å²) in [4.78, 5) is 13.4. The number of halogens is 1. The highest BCUT2D eigenvalue weighted by Gasteiger charge is 2.17. The number of carbonyl (C=O) groups is 1. The highest BCUT2D eigenvalue weighted by atomic mass is 19.1. The predicted octanol–water partition coefficient (Wildman–Crippen LogP) is 2.00. The van der Waals surface area contributed by atoms with Crippen molar-refractivity contribution in [3.8, 4) is 0 Å². The number of nitrogens with two attached hydrogens (primary N) is 1. The van der Waals surface area contributed by atoms with Crippen LogP contribution in [0.25, 0.3) is 0 Å². The summed E-state index contributed by atoms with van der Waals surface area (Å²) in [5.74, 6) is -0.449. The van der Waals surface area contributed by atoms with Crippen molar-refractivity contribution in [3.05, 3.63) is 30.1 Å². The Balaban J connectivity index is 2.72. The molecule has 0 aliphatic heterocycles. The second-order valence-electron chi connectivity index (χ2n) is 4.18. The number of nitrogens with zero attached hydrogens (tertiary/aromatic N) is 1. The molecule has 0 radical (unpaired) electrons. The topological polar surface area (TPSA) is 82.2 Å². The first kappa shape index (κ1) is 14.0. The molecular formula is C12H17FN4O. The van der Waals surface area contributed by atoms with Crippen molar-refractivity contribution in [1.82, 2.24) is 4.90 Å². The molecule has 0 aromatic heterocycles. The third kappa shape index (κ3) is 4.04. The number of carbonyl (C=O) groups excluding carboxylic acids is 1. The molecule has 1 aromatic rings. The first-order chi connectivity index (χ1) is 8.40. The van der Waals surface area contributed by atoms with Gasteiger partial charge in [0.25, 0.3) is 0 Å². The number of hydrogen-bond donors (Lipinski definition) is 3. The average Bonchev–Trinajstić information content (AvgIpc) is 2.28. The fourth-order valence-corrected chi connectivity index (χ4v) is 1.40. The van der Waals surface area contributed by atoms with E-state index in [0.717, 1.165) is 0 Å². The van der Waals surface area contributed by atoms with E-state index in [0.29, 0.717) is 5.69 Å². The van der Waals surface area contributed by atoms with Crippen LogP contribution < -0.4 is 11.1 Å². The molecule has 4 N–H and O–H groups in total. The van der Waals surface area contributed by atoms with E-state index in [1.54, 1.807) is 0 Å². The summed E-state index contributed by atoms with van der Waals surface area (Å²) >= 11 is 0. The molecule has 0 aliphatic carbocycles. The van der Waals surface area contributed by atoms with Crippen molar-refractivity contribution in [1.29, 1.82) is 5.41 Å². The molecule has 5 nitrogen and oxygen atoms in total. The Morgan fingerprint density at radius 3 is 2.44 bits per heavy atom. The molecule has 2 amide bonds. The van der Waals surface area contributed by atoms with E-state index in [1.807, 2.05) is 13.8 Å². The number of amidine groups is 1. The fraction of sp³-hybridized carbons (Fsp3) is 0.333. The van der Waals surface area contributed by atoms with Crippen LogP contribution in [0.2, 0.25) is 0 Å². The average molecular weight is 252 g/mol. The van der Waals surface area contributed by atoms with Crippen molar-refractivity contribution >= 4 is 17.6 Å². The van der Waals surface area contributed by atoms with Crippen molar-refractivity contribution in [3.63, 3.8) is 0 Å². The van der Waals surface area contributed by atoms with Gasteiger partial charge in [-0.2, -0.15) is 0 Å². The number of rotatable bonds is 4. The standard InChI is InChI=1S/C12H17FN4O/c1-8(2)17(7-11(14)15)12(18)16-10-5-3-9(13)4-6-10/h3-6,8H,7H2,1-2H3,(H3,14,15)(H,16,18). The third-order valence-electron chi connectivity index (χ3n) is 2.32. The van der Waals surface area contributed by atoms with E-state index >= 15 is 0 Å². The summed E-state index contributed by atoms with van der Waals surface area (Å²) in [5, 5.41) is 9.85. The lowest BCUT2D eigenvalue weighted by Crippen LogP contribution is -2.44. The molecule has 0 fully saturated rings. The Morgan fingerprint density at radius 2 is 2.00 bits per heavy atom. The quantitative estimate of drug-likeness (QED) is 0.566. The zero-order chi connectivity index (χ0) is 13.7. The molecular weight excluding hydrogens is 235 g/mol. The number of benzene rings is 1. The van der Waals surface area contributed by atoms with E-state index in [4.69, 9.17) is 11.1 Å². The number of hydrogen-bond acceptors (Lipinski definition) is 2. The van der Waals surface area contributed by atoms with Crippen molar-refractivity contribution in [2.75, 3.05) is 11.9 Å². The molecule has 6 heteroatoms. The molecule has 98 valence electrons. The minimum atomic E-state index is -0.369. The van der Waals surface area contributed by atoms with Gasteiger partial charge >= 0.3 is 6.03 Å². The van der Waals surface area contributed by atoms with E-state index in [9.17, 15) is 9.18 Å². The highest BCUT2D eigenvalue weighted by molar-refractivity contribution is 5.92. The van der Waals surface area contributed by atoms with E-state index in [1.165, 1.54) is 29.2 Å². The van der Waals surface area contributed by atoms with Crippen LogP contribution in [-0.2, 0) is 0 Å². The van der Waals surface area contributed by atoms with Gasteiger partial charge in [-0.05, 0) is 38.1 Å². The number of nitrogens with one attached hydrogen (secondary N) is 2. The van der Waals surface area contributed by atoms with Gasteiger partial charge in [-0.25, -0.2) is 9.18 Å². The molecule has 0 bridgehead atoms. The molecule has 0 unspecified atom stereocenters. The van der Waals surface area contributed by atoms with Gasteiger partial charge in [0, 0.05) is 11.7 Å². The second kappa shape index (κ2) is 6.00. The first-order valence-electron chi connectivity index (χ1n) is 5.56. The second-order valence-corrected chi connectivity index (χ2v) is 4.18. The van der Waals surface area contributed by atoms with E-state index in [2.05, 4.69) is 5.32 Å². The van der Waals surface area contributed by atoms with Gasteiger partial charge in [0.2, 0.25) is 0 Å². The Kier molecular flexibility index (Phi) is 4.65. The van der Waals surface area contributed by atoms with Gasteiger partial charge in [0.1, 0.15) is 11.7 Å². The third-order valence-corrected chi connectivity index (χ3v) is 2.32. The van der Waals surface area contributed by atoms with E-state index < -0.39 is 0 Å². The molecule has 18 heavy (non-hydrogen) atoms. The molecule has 0 atom stereocenters. The molecule has 1 rings (SSSR count). The van der Waals surface area contributed by atoms with Crippen LogP contribution in [0.5, 0.6) is 0 Å². The number of anilines is 1. The first-order valence-corrected chi connectivity index (χ1v) is 5.56. The van der Waals surface area contributed by atoms with Crippen LogP contribution in [0, 0.1) is 11.2 Å². The maximum absolute atomic E-state index is 12.7. The molecule has 0 heterocycles. The Hall–Kier alpha value is -2.11. The predicted molar refractivity (Wildman–Crippen MR) is 69.2 cm³/mol. The molecule has 0 spiro atoms. The summed E-state index contributed by atoms with van der Waals surface area (Å²) in [6.45, 7) is 3.71. The smallest absolute Gasteiger partial charge is 0.322 e. The minimum Gasteiger partial charge on any atom is -0.386 e. The Labute approximate surface area is 105 Å². The van der Waals surface area contributed by atoms with Crippen LogP contribution >= 0.6 is 0 Å². The summed E-state index contributed by atoms with van der Waals surface area (Å²) in [6.07, 6.45) is 0. The molecule has 1 aromatic carbocycles. The molecule has 0 saturated heterocycles. The van der Waals surface area contributed by atoms with Gasteiger partial charge in [-0.3, -0.25) is 5.41 Å². The summed E-state index contributed by atoms with van der Waals surface area (Å²) < 4.78 is 12.7. The fourth-order valence-electron chi connectivity index (χ4n) is 1.40. The maximum Gasteiger partial charge on any atom is 0.322 e. The number of urea groups is 1. The Bertz CT molecular complexity index is 430. The van der Waals surface area contributed by atoms with Crippen molar-refractivity contribution in [2.45, 2.75) is 19.9 Å². The maximum atomic E-state index is 12.7. The summed E-state index contributed by atoms with van der Waals surface area (Å²) in [5.41, 5.74) is 5.79. The molecule has 0 saturated carbocycles. The van der Waals surface area contributed by atoms with Gasteiger partial charge < -0.3 is 16.0 Å². The lowest BCUT2D eigenvalue weighted by molar-refractivity contribution is 0.206. The largest absolute Gasteiger partial charge is 0.386 e.